The van der Waals surface area contributed by atoms with Crippen LogP contribution in [0, 0.1) is 0 Å². The van der Waals surface area contributed by atoms with Gasteiger partial charge in [0.25, 0.3) is 10.0 Å². The SMILES string of the molecule is O=C1CCCN1S(=O)(=O)c1cncc(Br)c1. The Kier molecular flexibility index (Phi) is 2.98. The molecule has 7 heteroatoms. The van der Waals surface area contributed by atoms with E-state index in [-0.39, 0.29) is 17.3 Å². The summed E-state index contributed by atoms with van der Waals surface area (Å²) in [5, 5.41) is 0. The molecule has 1 aliphatic rings. The molecule has 0 aromatic carbocycles. The van der Waals surface area contributed by atoms with Crippen LogP contribution in [-0.2, 0) is 14.8 Å². The van der Waals surface area contributed by atoms with Gasteiger partial charge in [0.1, 0.15) is 4.90 Å². The Morgan fingerprint density at radius 1 is 1.38 bits per heavy atom. The van der Waals surface area contributed by atoms with Crippen LogP contribution in [0.4, 0.5) is 0 Å². The van der Waals surface area contributed by atoms with Gasteiger partial charge >= 0.3 is 0 Å². The van der Waals surface area contributed by atoms with Crippen molar-refractivity contribution in [3.8, 4) is 0 Å². The quantitative estimate of drug-likeness (QED) is 0.822. The summed E-state index contributed by atoms with van der Waals surface area (Å²) in [7, 11) is -3.72. The molecule has 1 aliphatic heterocycles. The zero-order chi connectivity index (χ0) is 11.8. The normalized spacial score (nSPS) is 16.8. The zero-order valence-electron chi connectivity index (χ0n) is 8.26. The first kappa shape index (κ1) is 11.5. The number of nitrogens with zero attached hydrogens (tertiary/aromatic N) is 2. The Morgan fingerprint density at radius 3 is 2.69 bits per heavy atom. The molecule has 1 amide bonds. The number of aromatic nitrogens is 1. The number of sulfonamides is 1. The number of hydrogen-bond acceptors (Lipinski definition) is 4. The minimum absolute atomic E-state index is 0.0390. The number of hydrogen-bond donors (Lipinski definition) is 0. The molecule has 0 N–H and O–H groups in total. The lowest BCUT2D eigenvalue weighted by Gasteiger charge is -2.15. The van der Waals surface area contributed by atoms with E-state index in [0.717, 1.165) is 4.31 Å². The topological polar surface area (TPSA) is 67.3 Å². The zero-order valence-corrected chi connectivity index (χ0v) is 10.7. The monoisotopic (exact) mass is 304 g/mol. The second-order valence-electron chi connectivity index (χ2n) is 3.41. The molecule has 1 fully saturated rings. The van der Waals surface area contributed by atoms with Crippen molar-refractivity contribution in [3.05, 3.63) is 22.9 Å². The minimum atomic E-state index is -3.72. The molecule has 0 radical (unpaired) electrons. The fraction of sp³-hybridized carbons (Fsp3) is 0.333. The fourth-order valence-corrected chi connectivity index (χ4v) is 3.51. The van der Waals surface area contributed by atoms with Crippen molar-refractivity contribution >= 4 is 31.9 Å². The maximum Gasteiger partial charge on any atom is 0.268 e. The maximum absolute atomic E-state index is 12.0. The van der Waals surface area contributed by atoms with E-state index >= 15 is 0 Å². The van der Waals surface area contributed by atoms with Crippen molar-refractivity contribution in [2.45, 2.75) is 17.7 Å². The Labute approximate surface area is 102 Å². The average molecular weight is 305 g/mol. The first-order valence-corrected chi connectivity index (χ1v) is 6.91. The van der Waals surface area contributed by atoms with E-state index in [1.165, 1.54) is 18.5 Å². The summed E-state index contributed by atoms with van der Waals surface area (Å²) in [6.07, 6.45) is 3.61. The largest absolute Gasteiger partial charge is 0.274 e. The molecule has 0 aliphatic carbocycles. The van der Waals surface area contributed by atoms with Gasteiger partial charge in [0.15, 0.2) is 0 Å². The van der Waals surface area contributed by atoms with E-state index in [1.807, 2.05) is 0 Å². The predicted molar refractivity (Wildman–Crippen MR) is 60.1 cm³/mol. The summed E-state index contributed by atoms with van der Waals surface area (Å²) in [6.45, 7) is 0.258. The predicted octanol–water partition coefficient (Wildman–Crippen LogP) is 1.16. The summed E-state index contributed by atoms with van der Waals surface area (Å²) in [4.78, 5) is 15.2. The molecular formula is C9H9BrN2O3S. The number of carbonyl (C=O) groups excluding carboxylic acids is 1. The lowest BCUT2D eigenvalue weighted by Crippen LogP contribution is -2.32. The van der Waals surface area contributed by atoms with Crippen LogP contribution in [0.1, 0.15) is 12.8 Å². The molecule has 5 nitrogen and oxygen atoms in total. The van der Waals surface area contributed by atoms with E-state index in [1.54, 1.807) is 0 Å². The third-order valence-electron chi connectivity index (χ3n) is 2.30. The Balaban J connectivity index is 2.43. The summed E-state index contributed by atoms with van der Waals surface area (Å²) < 4.78 is 25.6. The number of pyridine rings is 1. The number of rotatable bonds is 2. The van der Waals surface area contributed by atoms with Crippen LogP contribution in [0.25, 0.3) is 0 Å². The molecule has 1 aromatic rings. The third kappa shape index (κ3) is 1.97. The first-order chi connectivity index (χ1) is 7.51. The summed E-state index contributed by atoms with van der Waals surface area (Å²) >= 11 is 3.15. The van der Waals surface area contributed by atoms with Gasteiger partial charge in [-0.3, -0.25) is 9.78 Å². The standard InChI is InChI=1S/C9H9BrN2O3S/c10-7-4-8(6-11-5-7)16(14,15)12-3-1-2-9(12)13/h4-6H,1-3H2. The van der Waals surface area contributed by atoms with Gasteiger partial charge in [-0.15, -0.1) is 0 Å². The van der Waals surface area contributed by atoms with Gasteiger partial charge in [0.05, 0.1) is 0 Å². The molecule has 0 saturated carbocycles. The Hall–Kier alpha value is -0.950. The second-order valence-corrected chi connectivity index (χ2v) is 6.19. The highest BCUT2D eigenvalue weighted by Gasteiger charge is 2.32. The Morgan fingerprint density at radius 2 is 2.12 bits per heavy atom. The van der Waals surface area contributed by atoms with Crippen LogP contribution in [0.15, 0.2) is 27.8 Å². The van der Waals surface area contributed by atoms with Gasteiger partial charge in [-0.05, 0) is 28.4 Å². The van der Waals surface area contributed by atoms with Crippen molar-refractivity contribution < 1.29 is 13.2 Å². The van der Waals surface area contributed by atoms with Crippen LogP contribution in [0.2, 0.25) is 0 Å². The second kappa shape index (κ2) is 4.14. The van der Waals surface area contributed by atoms with E-state index < -0.39 is 10.0 Å². The average Bonchev–Trinajstić information content (AvgIpc) is 2.65. The number of amides is 1. The van der Waals surface area contributed by atoms with Crippen LogP contribution < -0.4 is 0 Å². The summed E-state index contributed by atoms with van der Waals surface area (Å²) in [6, 6.07) is 1.44. The molecule has 2 rings (SSSR count). The van der Waals surface area contributed by atoms with Crippen LogP contribution in [0.3, 0.4) is 0 Å². The van der Waals surface area contributed by atoms with Crippen molar-refractivity contribution in [2.24, 2.45) is 0 Å². The highest BCUT2D eigenvalue weighted by Crippen LogP contribution is 2.22. The van der Waals surface area contributed by atoms with E-state index in [2.05, 4.69) is 20.9 Å². The van der Waals surface area contributed by atoms with Crippen molar-refractivity contribution in [1.82, 2.24) is 9.29 Å². The van der Waals surface area contributed by atoms with Crippen molar-refractivity contribution in [3.63, 3.8) is 0 Å². The van der Waals surface area contributed by atoms with Crippen molar-refractivity contribution in [1.29, 1.82) is 0 Å². The molecule has 0 bridgehead atoms. The van der Waals surface area contributed by atoms with Crippen LogP contribution in [0.5, 0.6) is 0 Å². The summed E-state index contributed by atoms with van der Waals surface area (Å²) in [5.41, 5.74) is 0. The highest BCUT2D eigenvalue weighted by molar-refractivity contribution is 9.10. The van der Waals surface area contributed by atoms with Crippen molar-refractivity contribution in [2.75, 3.05) is 6.54 Å². The number of carbonyl (C=O) groups is 1. The van der Waals surface area contributed by atoms with E-state index in [4.69, 9.17) is 0 Å². The molecule has 0 atom stereocenters. The van der Waals surface area contributed by atoms with Gasteiger partial charge in [-0.2, -0.15) is 0 Å². The van der Waals surface area contributed by atoms with Gasteiger partial charge in [0, 0.05) is 29.8 Å². The van der Waals surface area contributed by atoms with Gasteiger partial charge in [-0.25, -0.2) is 12.7 Å². The van der Waals surface area contributed by atoms with E-state index in [9.17, 15) is 13.2 Å². The lowest BCUT2D eigenvalue weighted by atomic mass is 10.4. The lowest BCUT2D eigenvalue weighted by molar-refractivity contribution is -0.123. The molecule has 0 unspecified atom stereocenters. The molecule has 1 aromatic heterocycles. The first-order valence-electron chi connectivity index (χ1n) is 4.68. The minimum Gasteiger partial charge on any atom is -0.274 e. The van der Waals surface area contributed by atoms with Crippen LogP contribution in [-0.4, -0.2) is 30.2 Å². The maximum atomic E-state index is 12.0. The molecular weight excluding hydrogens is 296 g/mol. The van der Waals surface area contributed by atoms with Gasteiger partial charge in [0.2, 0.25) is 5.91 Å². The fourth-order valence-electron chi connectivity index (χ4n) is 1.54. The Bertz CT molecular complexity index is 529. The van der Waals surface area contributed by atoms with Crippen LogP contribution >= 0.6 is 15.9 Å². The molecule has 2 heterocycles. The molecule has 1 saturated heterocycles. The highest BCUT2D eigenvalue weighted by atomic mass is 79.9. The van der Waals surface area contributed by atoms with Gasteiger partial charge in [-0.1, -0.05) is 0 Å². The van der Waals surface area contributed by atoms with E-state index in [0.29, 0.717) is 17.3 Å². The third-order valence-corrected chi connectivity index (χ3v) is 4.52. The van der Waals surface area contributed by atoms with Gasteiger partial charge < -0.3 is 0 Å². The molecule has 86 valence electrons. The number of halogens is 1. The summed E-state index contributed by atoms with van der Waals surface area (Å²) in [5.74, 6) is -0.347. The molecule has 16 heavy (non-hydrogen) atoms. The molecule has 0 spiro atoms. The smallest absolute Gasteiger partial charge is 0.268 e.